The zero-order valence-electron chi connectivity index (χ0n) is 15.2. The summed E-state index contributed by atoms with van der Waals surface area (Å²) in [6, 6.07) is 6.88. The second-order valence-corrected chi connectivity index (χ2v) is 6.21. The molecule has 0 heterocycles. The molecule has 1 aromatic carbocycles. The summed E-state index contributed by atoms with van der Waals surface area (Å²) in [5.41, 5.74) is 5.17. The van der Waals surface area contributed by atoms with E-state index in [1.54, 1.807) is 45.0 Å². The zero-order chi connectivity index (χ0) is 18.7. The first-order chi connectivity index (χ1) is 11.8. The summed E-state index contributed by atoms with van der Waals surface area (Å²) in [5.74, 6) is 6.39. The molecule has 1 rings (SSSR count). The molecule has 0 aromatic heterocycles. The van der Waals surface area contributed by atoms with Gasteiger partial charge < -0.3 is 24.7 Å². The fraction of sp³-hybridized carbons (Fsp3) is 0.588. The highest BCUT2D eigenvalue weighted by molar-refractivity contribution is 5.86. The molecule has 0 saturated heterocycles. The van der Waals surface area contributed by atoms with Gasteiger partial charge in [-0.25, -0.2) is 15.6 Å². The molecule has 8 nitrogen and oxygen atoms in total. The molecule has 0 fully saturated rings. The first kappa shape index (κ1) is 21.2. The predicted octanol–water partition coefficient (Wildman–Crippen LogP) is 1.67. The maximum Gasteiger partial charge on any atom is 0.429 e. The third kappa shape index (κ3) is 9.25. The molecule has 142 valence electrons. The number of anilines is 1. The molecule has 0 bridgehead atoms. The Balaban J connectivity index is 2.38. The fourth-order valence-corrected chi connectivity index (χ4v) is 1.76. The minimum atomic E-state index is -0.634. The normalized spacial score (nSPS) is 11.2. The Hall–Kier alpha value is -1.87. The quantitative estimate of drug-likeness (QED) is 0.284. The number of rotatable bonds is 10. The molecule has 0 unspecified atom stereocenters. The summed E-state index contributed by atoms with van der Waals surface area (Å²) in [7, 11) is 0. The third-order valence-electron chi connectivity index (χ3n) is 2.82. The smallest absolute Gasteiger partial charge is 0.429 e. The van der Waals surface area contributed by atoms with Crippen LogP contribution in [0.5, 0.6) is 5.75 Å². The average molecular weight is 355 g/mol. The lowest BCUT2D eigenvalue weighted by molar-refractivity contribution is 0.0388. The van der Waals surface area contributed by atoms with Crippen LogP contribution in [0.25, 0.3) is 0 Å². The Bertz CT molecular complexity index is 519. The van der Waals surface area contributed by atoms with Crippen LogP contribution in [0.3, 0.4) is 0 Å². The minimum absolute atomic E-state index is 0.372. The van der Waals surface area contributed by atoms with Crippen LogP contribution >= 0.6 is 0 Å². The molecule has 0 atom stereocenters. The standard InChI is InChI=1S/C17H29N3O5/c1-17(2,3)25-16(21)20(19)14-5-4-6-15(13-14)24-12-11-23-10-9-22-8-7-18/h4-6,13H,7-12,18-19H2,1-3H3. The van der Waals surface area contributed by atoms with Crippen LogP contribution in [0, 0.1) is 0 Å². The first-order valence-corrected chi connectivity index (χ1v) is 8.19. The number of ether oxygens (including phenoxy) is 4. The van der Waals surface area contributed by atoms with Crippen molar-refractivity contribution < 1.29 is 23.7 Å². The number of nitrogens with two attached hydrogens (primary N) is 2. The van der Waals surface area contributed by atoms with E-state index in [-0.39, 0.29) is 0 Å². The molecule has 0 spiro atoms. The van der Waals surface area contributed by atoms with Gasteiger partial charge in [0.25, 0.3) is 0 Å². The second-order valence-electron chi connectivity index (χ2n) is 6.21. The molecular formula is C17H29N3O5. The molecule has 0 saturated carbocycles. The monoisotopic (exact) mass is 355 g/mol. The van der Waals surface area contributed by atoms with E-state index in [2.05, 4.69) is 0 Å². The largest absolute Gasteiger partial charge is 0.491 e. The molecule has 4 N–H and O–H groups in total. The first-order valence-electron chi connectivity index (χ1n) is 8.19. The third-order valence-corrected chi connectivity index (χ3v) is 2.82. The number of hydrogen-bond acceptors (Lipinski definition) is 7. The topological polar surface area (TPSA) is 109 Å². The van der Waals surface area contributed by atoms with Gasteiger partial charge in [-0.15, -0.1) is 0 Å². The van der Waals surface area contributed by atoms with Crippen LogP contribution in [0.1, 0.15) is 20.8 Å². The van der Waals surface area contributed by atoms with Crippen molar-refractivity contribution in [2.75, 3.05) is 44.6 Å². The predicted molar refractivity (Wildman–Crippen MR) is 95.5 cm³/mol. The summed E-state index contributed by atoms with van der Waals surface area (Å²) in [4.78, 5) is 12.0. The summed E-state index contributed by atoms with van der Waals surface area (Å²) in [6.45, 7) is 8.15. The number of nitrogens with zero attached hydrogens (tertiary/aromatic N) is 1. The van der Waals surface area contributed by atoms with E-state index in [0.717, 1.165) is 5.01 Å². The molecule has 0 aliphatic carbocycles. The van der Waals surface area contributed by atoms with Crippen LogP contribution in [0.4, 0.5) is 10.5 Å². The fourth-order valence-electron chi connectivity index (χ4n) is 1.76. The van der Waals surface area contributed by atoms with Crippen molar-refractivity contribution >= 4 is 11.8 Å². The van der Waals surface area contributed by atoms with E-state index in [4.69, 9.17) is 30.5 Å². The Morgan fingerprint density at radius 3 is 2.36 bits per heavy atom. The molecule has 1 amide bonds. The van der Waals surface area contributed by atoms with Crippen molar-refractivity contribution in [1.82, 2.24) is 0 Å². The molecule has 1 aromatic rings. The number of amides is 1. The van der Waals surface area contributed by atoms with E-state index < -0.39 is 11.7 Å². The van der Waals surface area contributed by atoms with Gasteiger partial charge in [-0.2, -0.15) is 0 Å². The number of benzene rings is 1. The van der Waals surface area contributed by atoms with Crippen LogP contribution in [-0.2, 0) is 14.2 Å². The Morgan fingerprint density at radius 2 is 1.72 bits per heavy atom. The minimum Gasteiger partial charge on any atom is -0.491 e. The lowest BCUT2D eigenvalue weighted by atomic mass is 10.2. The van der Waals surface area contributed by atoms with Gasteiger partial charge in [-0.05, 0) is 32.9 Å². The highest BCUT2D eigenvalue weighted by atomic mass is 16.6. The van der Waals surface area contributed by atoms with Gasteiger partial charge in [0.2, 0.25) is 0 Å². The summed E-state index contributed by atoms with van der Waals surface area (Å²) < 4.78 is 21.4. The van der Waals surface area contributed by atoms with Gasteiger partial charge in [0, 0.05) is 12.6 Å². The Kier molecular flexibility index (Phi) is 9.22. The number of hydrogen-bond donors (Lipinski definition) is 2. The van der Waals surface area contributed by atoms with Gasteiger partial charge in [0.15, 0.2) is 0 Å². The van der Waals surface area contributed by atoms with E-state index >= 15 is 0 Å². The van der Waals surface area contributed by atoms with Crippen molar-refractivity contribution in [2.45, 2.75) is 26.4 Å². The zero-order valence-corrected chi connectivity index (χ0v) is 15.2. The SMILES string of the molecule is CC(C)(C)OC(=O)N(N)c1cccc(OCCOCCOCCN)c1. The van der Waals surface area contributed by atoms with Crippen molar-refractivity contribution in [2.24, 2.45) is 11.6 Å². The average Bonchev–Trinajstić information content (AvgIpc) is 2.55. The van der Waals surface area contributed by atoms with Gasteiger partial charge >= 0.3 is 6.09 Å². The van der Waals surface area contributed by atoms with Gasteiger partial charge in [-0.1, -0.05) is 6.07 Å². The number of carbonyl (C=O) groups excluding carboxylic acids is 1. The van der Waals surface area contributed by atoms with E-state index in [9.17, 15) is 4.79 Å². The van der Waals surface area contributed by atoms with Gasteiger partial charge in [0.05, 0.1) is 32.1 Å². The second kappa shape index (κ2) is 10.9. The maximum atomic E-state index is 12.0. The van der Waals surface area contributed by atoms with Gasteiger partial charge in [-0.3, -0.25) is 0 Å². The van der Waals surface area contributed by atoms with Crippen LogP contribution in [-0.4, -0.2) is 51.3 Å². The highest BCUT2D eigenvalue weighted by Gasteiger charge is 2.21. The molecular weight excluding hydrogens is 326 g/mol. The van der Waals surface area contributed by atoms with Gasteiger partial charge in [0.1, 0.15) is 18.0 Å². The number of hydrazine groups is 1. The Labute approximate surface area is 148 Å². The van der Waals surface area contributed by atoms with Crippen molar-refractivity contribution in [3.05, 3.63) is 24.3 Å². The maximum absolute atomic E-state index is 12.0. The highest BCUT2D eigenvalue weighted by Crippen LogP contribution is 2.21. The van der Waals surface area contributed by atoms with Crippen LogP contribution < -0.4 is 21.3 Å². The van der Waals surface area contributed by atoms with Crippen molar-refractivity contribution in [3.63, 3.8) is 0 Å². The van der Waals surface area contributed by atoms with E-state index in [0.29, 0.717) is 51.0 Å². The molecule has 0 aliphatic rings. The summed E-state index contributed by atoms with van der Waals surface area (Å²) in [5, 5.41) is 0.948. The molecule has 25 heavy (non-hydrogen) atoms. The Morgan fingerprint density at radius 1 is 1.08 bits per heavy atom. The van der Waals surface area contributed by atoms with Crippen molar-refractivity contribution in [3.8, 4) is 5.75 Å². The number of carbonyl (C=O) groups is 1. The van der Waals surface area contributed by atoms with E-state index in [1.807, 2.05) is 0 Å². The van der Waals surface area contributed by atoms with E-state index in [1.165, 1.54) is 0 Å². The molecule has 0 radical (unpaired) electrons. The summed E-state index contributed by atoms with van der Waals surface area (Å²) in [6.07, 6.45) is -0.634. The van der Waals surface area contributed by atoms with Crippen LogP contribution in [0.2, 0.25) is 0 Å². The molecule has 0 aliphatic heterocycles. The van der Waals surface area contributed by atoms with Crippen LogP contribution in [0.15, 0.2) is 24.3 Å². The lowest BCUT2D eigenvalue weighted by Crippen LogP contribution is -2.41. The van der Waals surface area contributed by atoms with Crippen molar-refractivity contribution in [1.29, 1.82) is 0 Å². The molecule has 8 heteroatoms. The summed E-state index contributed by atoms with van der Waals surface area (Å²) >= 11 is 0. The lowest BCUT2D eigenvalue weighted by Gasteiger charge is -2.24.